The molecule has 0 saturated heterocycles. The normalized spacial score (nSPS) is 16.9. The standard InChI is InChI=1S/C5H15NO7P2/c1-4(6(2)3)5(7,14(8,9)10)15(11,12)13/h4,7H,1-3H3,(H2,8,9,10)(H2,11,12,13). The van der Waals surface area contributed by atoms with Gasteiger partial charge in [0.05, 0.1) is 6.04 Å². The van der Waals surface area contributed by atoms with Crippen molar-refractivity contribution in [2.75, 3.05) is 14.1 Å². The van der Waals surface area contributed by atoms with Crippen LogP contribution in [0, 0.1) is 0 Å². The highest BCUT2D eigenvalue weighted by Gasteiger charge is 2.63. The molecule has 0 aliphatic rings. The van der Waals surface area contributed by atoms with Crippen molar-refractivity contribution in [3.63, 3.8) is 0 Å². The number of aliphatic hydroxyl groups is 1. The van der Waals surface area contributed by atoms with Crippen molar-refractivity contribution in [1.82, 2.24) is 4.90 Å². The topological polar surface area (TPSA) is 139 Å². The van der Waals surface area contributed by atoms with Crippen LogP contribution in [0.25, 0.3) is 0 Å². The van der Waals surface area contributed by atoms with Gasteiger partial charge in [-0.3, -0.25) is 9.13 Å². The van der Waals surface area contributed by atoms with E-state index in [9.17, 15) is 14.2 Å². The predicted octanol–water partition coefficient (Wildman–Crippen LogP) is -1.06. The lowest BCUT2D eigenvalue weighted by atomic mass is 10.3. The molecule has 5 N–H and O–H groups in total. The molecule has 0 spiro atoms. The second-order valence-electron chi connectivity index (χ2n) is 3.41. The van der Waals surface area contributed by atoms with Crippen molar-refractivity contribution in [1.29, 1.82) is 0 Å². The molecule has 0 aromatic rings. The van der Waals surface area contributed by atoms with Gasteiger partial charge in [0, 0.05) is 0 Å². The van der Waals surface area contributed by atoms with E-state index in [0.717, 1.165) is 11.8 Å². The Morgan fingerprint density at radius 1 is 1.07 bits per heavy atom. The van der Waals surface area contributed by atoms with Gasteiger partial charge in [-0.1, -0.05) is 0 Å². The number of hydrogen-bond acceptors (Lipinski definition) is 4. The summed E-state index contributed by atoms with van der Waals surface area (Å²) in [4.78, 5) is 36.4. The zero-order valence-corrected chi connectivity index (χ0v) is 10.3. The molecule has 0 fully saturated rings. The molecule has 10 heteroatoms. The van der Waals surface area contributed by atoms with Gasteiger partial charge in [-0.25, -0.2) is 0 Å². The van der Waals surface area contributed by atoms with Gasteiger partial charge in [0.2, 0.25) is 0 Å². The molecular weight excluding hydrogens is 248 g/mol. The highest BCUT2D eigenvalue weighted by Crippen LogP contribution is 2.69. The molecule has 0 heterocycles. The fraction of sp³-hybridized carbons (Fsp3) is 1.00. The monoisotopic (exact) mass is 263 g/mol. The quantitative estimate of drug-likeness (QED) is 0.404. The van der Waals surface area contributed by atoms with Crippen molar-refractivity contribution in [2.24, 2.45) is 0 Å². The fourth-order valence-electron chi connectivity index (χ4n) is 1.00. The molecule has 8 nitrogen and oxygen atoms in total. The maximum absolute atomic E-state index is 11.0. The molecule has 0 saturated carbocycles. The minimum Gasteiger partial charge on any atom is -0.366 e. The van der Waals surface area contributed by atoms with Gasteiger partial charge in [0.25, 0.3) is 5.08 Å². The third-order valence-corrected chi connectivity index (χ3v) is 6.22. The van der Waals surface area contributed by atoms with Gasteiger partial charge in [-0.05, 0) is 21.0 Å². The van der Waals surface area contributed by atoms with E-state index in [1.165, 1.54) is 14.1 Å². The molecule has 1 unspecified atom stereocenters. The summed E-state index contributed by atoms with van der Waals surface area (Å²) in [7, 11) is -8.07. The maximum atomic E-state index is 11.0. The van der Waals surface area contributed by atoms with Crippen LogP contribution < -0.4 is 0 Å². The summed E-state index contributed by atoms with van der Waals surface area (Å²) in [6.07, 6.45) is 0. The molecule has 92 valence electrons. The summed E-state index contributed by atoms with van der Waals surface area (Å²) >= 11 is 0. The van der Waals surface area contributed by atoms with E-state index in [-0.39, 0.29) is 0 Å². The molecule has 1 atom stereocenters. The first-order chi connectivity index (χ1) is 6.35. The molecule has 15 heavy (non-hydrogen) atoms. The Balaban J connectivity index is 5.65. The molecule has 0 rings (SSSR count). The third kappa shape index (κ3) is 2.67. The van der Waals surface area contributed by atoms with Gasteiger partial charge < -0.3 is 29.6 Å². The molecule has 0 radical (unpaired) electrons. The first-order valence-electron chi connectivity index (χ1n) is 3.85. The SMILES string of the molecule is CC(N(C)C)C(O)(P(=O)(O)O)P(=O)(O)O. The Morgan fingerprint density at radius 3 is 1.40 bits per heavy atom. The number of rotatable bonds is 4. The average Bonchev–Trinajstić information content (AvgIpc) is 1.96. The van der Waals surface area contributed by atoms with Crippen LogP contribution in [0.15, 0.2) is 0 Å². The molecule has 0 aromatic carbocycles. The summed E-state index contributed by atoms with van der Waals surface area (Å²) in [5.74, 6) is 0. The zero-order valence-electron chi connectivity index (χ0n) is 8.47. The fourth-order valence-corrected chi connectivity index (χ4v) is 3.80. The Bertz CT molecular complexity index is 295. The first-order valence-corrected chi connectivity index (χ1v) is 7.08. The van der Waals surface area contributed by atoms with Gasteiger partial charge in [0.15, 0.2) is 0 Å². The van der Waals surface area contributed by atoms with Crippen LogP contribution in [0.1, 0.15) is 6.92 Å². The Labute approximate surface area is 86.9 Å². The van der Waals surface area contributed by atoms with Crippen molar-refractivity contribution in [3.05, 3.63) is 0 Å². The van der Waals surface area contributed by atoms with Crippen molar-refractivity contribution in [3.8, 4) is 0 Å². The second kappa shape index (κ2) is 4.24. The van der Waals surface area contributed by atoms with Gasteiger partial charge >= 0.3 is 15.2 Å². The predicted molar refractivity (Wildman–Crippen MR) is 52.2 cm³/mol. The van der Waals surface area contributed by atoms with E-state index in [1.54, 1.807) is 0 Å². The molecule has 0 amide bonds. The molecular formula is C5H15NO7P2. The number of nitrogens with zero attached hydrogens (tertiary/aromatic N) is 1. The van der Waals surface area contributed by atoms with E-state index in [4.69, 9.17) is 19.6 Å². The van der Waals surface area contributed by atoms with E-state index in [1.807, 2.05) is 0 Å². The first kappa shape index (κ1) is 15.2. The highest BCUT2D eigenvalue weighted by atomic mass is 31.2. The van der Waals surface area contributed by atoms with Crippen molar-refractivity contribution in [2.45, 2.75) is 18.0 Å². The zero-order chi connectivity index (χ0) is 12.7. The summed E-state index contributed by atoms with van der Waals surface area (Å²) < 4.78 is 21.9. The highest BCUT2D eigenvalue weighted by molar-refractivity contribution is 7.72. The Morgan fingerprint density at radius 2 is 1.33 bits per heavy atom. The molecule has 0 aromatic heterocycles. The lowest BCUT2D eigenvalue weighted by Crippen LogP contribution is -2.47. The summed E-state index contributed by atoms with van der Waals surface area (Å²) in [6, 6.07) is -1.40. The maximum Gasteiger partial charge on any atom is 0.371 e. The Kier molecular flexibility index (Phi) is 4.30. The van der Waals surface area contributed by atoms with E-state index < -0.39 is 26.3 Å². The average molecular weight is 263 g/mol. The van der Waals surface area contributed by atoms with E-state index in [2.05, 4.69) is 0 Å². The molecule has 0 aliphatic heterocycles. The molecule has 0 bridgehead atoms. The van der Waals surface area contributed by atoms with Crippen molar-refractivity contribution < 1.29 is 33.8 Å². The van der Waals surface area contributed by atoms with Crippen LogP contribution in [0.4, 0.5) is 0 Å². The summed E-state index contributed by atoms with van der Waals surface area (Å²) in [6.45, 7) is 1.11. The third-order valence-electron chi connectivity index (χ3n) is 2.19. The minimum atomic E-state index is -5.37. The summed E-state index contributed by atoms with van der Waals surface area (Å²) in [5.41, 5.74) is 0. The van der Waals surface area contributed by atoms with Crippen molar-refractivity contribution >= 4 is 15.2 Å². The van der Waals surface area contributed by atoms with Crippen LogP contribution >= 0.6 is 15.2 Å². The van der Waals surface area contributed by atoms with Crippen LogP contribution in [-0.2, 0) is 9.13 Å². The van der Waals surface area contributed by atoms with Crippen LogP contribution in [-0.4, -0.2) is 54.8 Å². The second-order valence-corrected chi connectivity index (χ2v) is 7.31. The van der Waals surface area contributed by atoms with E-state index in [0.29, 0.717) is 0 Å². The van der Waals surface area contributed by atoms with Gasteiger partial charge in [0.1, 0.15) is 0 Å². The van der Waals surface area contributed by atoms with Crippen LogP contribution in [0.3, 0.4) is 0 Å². The number of hydrogen-bond donors (Lipinski definition) is 5. The van der Waals surface area contributed by atoms with Gasteiger partial charge in [-0.2, -0.15) is 0 Å². The molecule has 0 aliphatic carbocycles. The smallest absolute Gasteiger partial charge is 0.366 e. The number of likely N-dealkylation sites (N-methyl/N-ethyl adjacent to an activating group) is 1. The van der Waals surface area contributed by atoms with Crippen LogP contribution in [0.2, 0.25) is 0 Å². The Hall–Kier alpha value is 0.220. The minimum absolute atomic E-state index is 1.11. The lowest BCUT2D eigenvalue weighted by Gasteiger charge is -2.37. The van der Waals surface area contributed by atoms with E-state index >= 15 is 0 Å². The van der Waals surface area contributed by atoms with Gasteiger partial charge in [-0.15, -0.1) is 0 Å². The summed E-state index contributed by atoms with van der Waals surface area (Å²) in [5, 5.41) is 6.17. The largest absolute Gasteiger partial charge is 0.371 e. The van der Waals surface area contributed by atoms with Crippen LogP contribution in [0.5, 0.6) is 0 Å². The lowest BCUT2D eigenvalue weighted by molar-refractivity contribution is 0.0629.